The molecule has 0 radical (unpaired) electrons. The van der Waals surface area contributed by atoms with Crippen molar-refractivity contribution in [1.29, 1.82) is 0 Å². The first kappa shape index (κ1) is 14.2. The number of nitrogens with two attached hydrogens (primary N) is 1. The monoisotopic (exact) mass is 255 g/mol. The van der Waals surface area contributed by atoms with Crippen LogP contribution in [0.3, 0.4) is 0 Å². The number of methoxy groups -OCH3 is 2. The van der Waals surface area contributed by atoms with Crippen molar-refractivity contribution in [2.75, 3.05) is 38.4 Å². The highest BCUT2D eigenvalue weighted by atomic mass is 16.6. The molecule has 0 saturated heterocycles. The quantitative estimate of drug-likeness (QED) is 0.432. The number of nitrogens with zero attached hydrogens (tertiary/aromatic N) is 1. The molecule has 0 aliphatic carbocycles. The largest absolute Gasteiger partial charge is 0.393 e. The van der Waals surface area contributed by atoms with Crippen molar-refractivity contribution in [3.05, 3.63) is 28.3 Å². The van der Waals surface area contributed by atoms with Crippen LogP contribution in [0, 0.1) is 10.1 Å². The van der Waals surface area contributed by atoms with Gasteiger partial charge in [0.15, 0.2) is 0 Å². The van der Waals surface area contributed by atoms with Crippen molar-refractivity contribution in [2.45, 2.75) is 6.10 Å². The Bertz CT molecular complexity index is 411. The SMILES string of the molecule is COCC(CNc1cccc(N)c1[N+](=O)[O-])OC. The van der Waals surface area contributed by atoms with E-state index in [1.54, 1.807) is 26.4 Å². The van der Waals surface area contributed by atoms with Gasteiger partial charge in [-0.2, -0.15) is 0 Å². The Kier molecular flexibility index (Phi) is 5.34. The number of nitrogen functional groups attached to an aromatic ring is 1. The fourth-order valence-corrected chi connectivity index (χ4v) is 1.53. The molecule has 18 heavy (non-hydrogen) atoms. The molecule has 7 nitrogen and oxygen atoms in total. The van der Waals surface area contributed by atoms with Crippen molar-refractivity contribution in [3.63, 3.8) is 0 Å². The summed E-state index contributed by atoms with van der Waals surface area (Å²) in [6.07, 6.45) is -0.184. The third-order valence-electron chi connectivity index (χ3n) is 2.46. The zero-order valence-electron chi connectivity index (χ0n) is 10.4. The minimum atomic E-state index is -0.504. The molecule has 0 bridgehead atoms. The van der Waals surface area contributed by atoms with E-state index in [0.717, 1.165) is 0 Å². The molecular formula is C11H17N3O4. The van der Waals surface area contributed by atoms with Gasteiger partial charge in [-0.3, -0.25) is 10.1 Å². The molecule has 1 aromatic rings. The van der Waals surface area contributed by atoms with Crippen LogP contribution in [0.2, 0.25) is 0 Å². The van der Waals surface area contributed by atoms with E-state index in [1.807, 2.05) is 0 Å². The van der Waals surface area contributed by atoms with Crippen LogP contribution in [0.1, 0.15) is 0 Å². The summed E-state index contributed by atoms with van der Waals surface area (Å²) in [5, 5.41) is 13.9. The number of nitro groups is 1. The van der Waals surface area contributed by atoms with Crippen LogP contribution < -0.4 is 11.1 Å². The van der Waals surface area contributed by atoms with Crippen LogP contribution in [-0.2, 0) is 9.47 Å². The van der Waals surface area contributed by atoms with Crippen LogP contribution >= 0.6 is 0 Å². The summed E-state index contributed by atoms with van der Waals surface area (Å²) >= 11 is 0. The van der Waals surface area contributed by atoms with E-state index >= 15 is 0 Å². The fraction of sp³-hybridized carbons (Fsp3) is 0.455. The normalized spacial score (nSPS) is 12.1. The van der Waals surface area contributed by atoms with E-state index in [2.05, 4.69) is 5.32 Å². The molecule has 1 rings (SSSR count). The third-order valence-corrected chi connectivity index (χ3v) is 2.46. The molecule has 0 aromatic heterocycles. The molecule has 7 heteroatoms. The summed E-state index contributed by atoms with van der Waals surface area (Å²) in [4.78, 5) is 10.4. The predicted octanol–water partition coefficient (Wildman–Crippen LogP) is 1.25. The maximum atomic E-state index is 10.9. The highest BCUT2D eigenvalue weighted by molar-refractivity contribution is 5.74. The summed E-state index contributed by atoms with van der Waals surface area (Å²) < 4.78 is 10.1. The standard InChI is InChI=1S/C11H17N3O4/c1-17-7-8(18-2)6-13-10-5-3-4-9(12)11(10)14(15)16/h3-5,8,13H,6-7,12H2,1-2H3. The molecule has 0 fully saturated rings. The van der Waals surface area contributed by atoms with Crippen molar-refractivity contribution in [1.82, 2.24) is 0 Å². The topological polar surface area (TPSA) is 99.7 Å². The Labute approximate surface area is 105 Å². The number of nitrogens with one attached hydrogen (secondary N) is 1. The van der Waals surface area contributed by atoms with Gasteiger partial charge in [-0.15, -0.1) is 0 Å². The zero-order chi connectivity index (χ0) is 13.5. The number of rotatable bonds is 7. The van der Waals surface area contributed by atoms with Gasteiger partial charge in [-0.1, -0.05) is 6.07 Å². The van der Waals surface area contributed by atoms with E-state index in [-0.39, 0.29) is 17.5 Å². The van der Waals surface area contributed by atoms with Crippen molar-refractivity contribution in [2.24, 2.45) is 0 Å². The molecule has 3 N–H and O–H groups in total. The van der Waals surface area contributed by atoms with Gasteiger partial charge in [0.05, 0.1) is 17.6 Å². The second-order valence-corrected chi connectivity index (χ2v) is 3.69. The highest BCUT2D eigenvalue weighted by Gasteiger charge is 2.18. The van der Waals surface area contributed by atoms with Crippen LogP contribution in [0.5, 0.6) is 0 Å². The average Bonchev–Trinajstić information content (AvgIpc) is 2.33. The van der Waals surface area contributed by atoms with Crippen LogP contribution in [-0.4, -0.2) is 38.4 Å². The number of benzene rings is 1. The van der Waals surface area contributed by atoms with E-state index in [0.29, 0.717) is 18.8 Å². The first-order chi connectivity index (χ1) is 8.60. The second-order valence-electron chi connectivity index (χ2n) is 3.69. The highest BCUT2D eigenvalue weighted by Crippen LogP contribution is 2.30. The lowest BCUT2D eigenvalue weighted by Crippen LogP contribution is -2.26. The molecule has 0 aliphatic heterocycles. The Morgan fingerprint density at radius 3 is 2.78 bits per heavy atom. The second kappa shape index (κ2) is 6.77. The number of para-hydroxylation sites is 1. The maximum absolute atomic E-state index is 10.9. The van der Waals surface area contributed by atoms with Crippen molar-refractivity contribution >= 4 is 17.1 Å². The number of nitro benzene ring substituents is 1. The van der Waals surface area contributed by atoms with Gasteiger partial charge in [0.1, 0.15) is 11.4 Å². The lowest BCUT2D eigenvalue weighted by Gasteiger charge is -2.16. The lowest BCUT2D eigenvalue weighted by molar-refractivity contribution is -0.383. The molecule has 0 spiro atoms. The third kappa shape index (κ3) is 3.57. The van der Waals surface area contributed by atoms with E-state index in [4.69, 9.17) is 15.2 Å². The molecule has 0 saturated carbocycles. The fourth-order valence-electron chi connectivity index (χ4n) is 1.53. The van der Waals surface area contributed by atoms with Gasteiger partial charge >= 0.3 is 5.69 Å². The number of anilines is 2. The van der Waals surface area contributed by atoms with Gasteiger partial charge in [0, 0.05) is 20.8 Å². The van der Waals surface area contributed by atoms with E-state index in [1.165, 1.54) is 6.07 Å². The lowest BCUT2D eigenvalue weighted by atomic mass is 10.2. The van der Waals surface area contributed by atoms with Crippen LogP contribution in [0.15, 0.2) is 18.2 Å². The Morgan fingerprint density at radius 2 is 2.22 bits per heavy atom. The van der Waals surface area contributed by atoms with Gasteiger partial charge in [0.25, 0.3) is 0 Å². The molecule has 0 heterocycles. The van der Waals surface area contributed by atoms with Gasteiger partial charge in [-0.05, 0) is 12.1 Å². The first-order valence-electron chi connectivity index (χ1n) is 5.38. The number of hydrogen-bond donors (Lipinski definition) is 2. The number of ether oxygens (including phenoxy) is 2. The van der Waals surface area contributed by atoms with Gasteiger partial charge < -0.3 is 20.5 Å². The minimum absolute atomic E-state index is 0.121. The first-order valence-corrected chi connectivity index (χ1v) is 5.38. The minimum Gasteiger partial charge on any atom is -0.393 e. The Morgan fingerprint density at radius 1 is 1.50 bits per heavy atom. The van der Waals surface area contributed by atoms with Crippen molar-refractivity contribution < 1.29 is 14.4 Å². The van der Waals surface area contributed by atoms with Gasteiger partial charge in [-0.25, -0.2) is 0 Å². The van der Waals surface area contributed by atoms with E-state index < -0.39 is 4.92 Å². The molecule has 100 valence electrons. The summed E-state index contributed by atoms with van der Waals surface area (Å²) in [5.41, 5.74) is 5.97. The van der Waals surface area contributed by atoms with Crippen LogP contribution in [0.4, 0.5) is 17.1 Å². The molecular weight excluding hydrogens is 238 g/mol. The average molecular weight is 255 g/mol. The predicted molar refractivity (Wildman–Crippen MR) is 68.7 cm³/mol. The molecule has 1 unspecified atom stereocenters. The van der Waals surface area contributed by atoms with Crippen LogP contribution in [0.25, 0.3) is 0 Å². The molecule has 0 amide bonds. The zero-order valence-corrected chi connectivity index (χ0v) is 10.4. The molecule has 0 aliphatic rings. The maximum Gasteiger partial charge on any atom is 0.314 e. The Balaban J connectivity index is 2.78. The van der Waals surface area contributed by atoms with Gasteiger partial charge in [0.2, 0.25) is 0 Å². The van der Waals surface area contributed by atoms with Crippen molar-refractivity contribution in [3.8, 4) is 0 Å². The summed E-state index contributed by atoms with van der Waals surface area (Å²) in [7, 11) is 3.12. The number of hydrogen-bond acceptors (Lipinski definition) is 6. The smallest absolute Gasteiger partial charge is 0.314 e. The summed E-state index contributed by atoms with van der Waals surface area (Å²) in [6, 6.07) is 4.75. The summed E-state index contributed by atoms with van der Waals surface area (Å²) in [5.74, 6) is 0. The Hall–Kier alpha value is -1.86. The molecule has 1 aromatic carbocycles. The van der Waals surface area contributed by atoms with E-state index in [9.17, 15) is 10.1 Å². The summed E-state index contributed by atoms with van der Waals surface area (Å²) in [6.45, 7) is 0.800. The molecule has 1 atom stereocenters.